The number of likely N-dealkylation sites (tertiary alicyclic amines) is 1. The van der Waals surface area contributed by atoms with Crippen LogP contribution in [-0.2, 0) is 9.59 Å². The van der Waals surface area contributed by atoms with Crippen molar-refractivity contribution in [1.82, 2.24) is 14.8 Å². The van der Waals surface area contributed by atoms with E-state index in [4.69, 9.17) is 0 Å². The molecule has 28 heavy (non-hydrogen) atoms. The van der Waals surface area contributed by atoms with Gasteiger partial charge in [0.15, 0.2) is 0 Å². The number of thiophene rings is 1. The Balaban J connectivity index is 1.49. The minimum atomic E-state index is -0.397. The summed E-state index contributed by atoms with van der Waals surface area (Å²) >= 11 is 2.39. The van der Waals surface area contributed by atoms with Crippen molar-refractivity contribution < 1.29 is 14.4 Å². The molecule has 1 unspecified atom stereocenters. The predicted octanol–water partition coefficient (Wildman–Crippen LogP) is 3.93. The summed E-state index contributed by atoms with van der Waals surface area (Å²) in [6.45, 7) is 0.406. The number of piperidine rings is 1. The molecule has 0 N–H and O–H groups in total. The Kier molecular flexibility index (Phi) is 5.59. The molecule has 2 aliphatic rings. The Bertz CT molecular complexity index is 912. The van der Waals surface area contributed by atoms with E-state index in [9.17, 15) is 14.4 Å². The molecule has 0 radical (unpaired) electrons. The maximum absolute atomic E-state index is 13.0. The van der Waals surface area contributed by atoms with Crippen molar-refractivity contribution >= 4 is 46.2 Å². The van der Waals surface area contributed by atoms with Crippen molar-refractivity contribution in [2.75, 3.05) is 13.1 Å². The Morgan fingerprint density at radius 1 is 1.25 bits per heavy atom. The highest BCUT2D eigenvalue weighted by Gasteiger charge is 2.38. The second-order valence-corrected chi connectivity index (χ2v) is 8.64. The summed E-state index contributed by atoms with van der Waals surface area (Å²) in [5.41, 5.74) is 0.988. The number of carbonyl (C=O) groups is 3. The van der Waals surface area contributed by atoms with Crippen LogP contribution < -0.4 is 0 Å². The molecule has 0 saturated carbocycles. The van der Waals surface area contributed by atoms with Crippen LogP contribution in [0.15, 0.2) is 46.9 Å². The number of nitrogens with zero attached hydrogens (tertiary/aromatic N) is 3. The molecule has 8 heteroatoms. The van der Waals surface area contributed by atoms with Crippen molar-refractivity contribution in [3.63, 3.8) is 0 Å². The SMILES string of the molecule is O=C1S/C(=C\c2cccs2)C(=O)N1CC(=O)N1CCCCC1c1cccnc1. The number of imide groups is 1. The van der Waals surface area contributed by atoms with Crippen molar-refractivity contribution in [3.8, 4) is 0 Å². The molecule has 0 aliphatic carbocycles. The average molecular weight is 414 g/mol. The largest absolute Gasteiger partial charge is 0.334 e. The zero-order chi connectivity index (χ0) is 19.5. The zero-order valence-electron chi connectivity index (χ0n) is 15.1. The normalized spacial score (nSPS) is 21.6. The molecular formula is C20H19N3O3S2. The summed E-state index contributed by atoms with van der Waals surface area (Å²) in [6, 6.07) is 7.54. The molecule has 2 aromatic heterocycles. The molecule has 144 valence electrons. The summed E-state index contributed by atoms with van der Waals surface area (Å²) in [4.78, 5) is 46.3. The van der Waals surface area contributed by atoms with E-state index in [2.05, 4.69) is 4.98 Å². The van der Waals surface area contributed by atoms with Crippen molar-refractivity contribution in [3.05, 3.63) is 57.4 Å². The molecule has 2 fully saturated rings. The van der Waals surface area contributed by atoms with E-state index in [0.717, 1.165) is 46.4 Å². The lowest BCUT2D eigenvalue weighted by Gasteiger charge is -2.36. The maximum atomic E-state index is 13.0. The second kappa shape index (κ2) is 8.28. The number of thioether (sulfide) groups is 1. The Morgan fingerprint density at radius 3 is 2.89 bits per heavy atom. The highest BCUT2D eigenvalue weighted by atomic mass is 32.2. The van der Waals surface area contributed by atoms with E-state index < -0.39 is 11.1 Å². The molecule has 0 aromatic carbocycles. The number of carbonyl (C=O) groups excluding carboxylic acids is 3. The van der Waals surface area contributed by atoms with Gasteiger partial charge in [0.25, 0.3) is 11.1 Å². The fourth-order valence-electron chi connectivity index (χ4n) is 3.51. The Hall–Kier alpha value is -2.45. The second-order valence-electron chi connectivity index (χ2n) is 6.67. The molecule has 2 saturated heterocycles. The third kappa shape index (κ3) is 3.88. The van der Waals surface area contributed by atoms with Gasteiger partial charge in [-0.3, -0.25) is 24.3 Å². The van der Waals surface area contributed by atoms with Gasteiger partial charge in [0.05, 0.1) is 10.9 Å². The van der Waals surface area contributed by atoms with Crippen LogP contribution in [0.4, 0.5) is 4.79 Å². The third-order valence-electron chi connectivity index (χ3n) is 4.88. The van der Waals surface area contributed by atoms with E-state index in [-0.39, 0.29) is 18.5 Å². The Labute approximate surface area is 171 Å². The lowest BCUT2D eigenvalue weighted by atomic mass is 9.96. The van der Waals surface area contributed by atoms with Crippen molar-refractivity contribution in [2.45, 2.75) is 25.3 Å². The molecule has 3 amide bonds. The van der Waals surface area contributed by atoms with Gasteiger partial charge in [-0.25, -0.2) is 0 Å². The van der Waals surface area contributed by atoms with E-state index in [0.29, 0.717) is 11.4 Å². The van der Waals surface area contributed by atoms with E-state index in [1.54, 1.807) is 23.4 Å². The molecule has 6 nitrogen and oxygen atoms in total. The van der Waals surface area contributed by atoms with E-state index in [1.165, 1.54) is 11.3 Å². The van der Waals surface area contributed by atoms with Gasteiger partial charge in [-0.1, -0.05) is 12.1 Å². The van der Waals surface area contributed by atoms with Crippen LogP contribution in [0.3, 0.4) is 0 Å². The van der Waals surface area contributed by atoms with Gasteiger partial charge in [0.1, 0.15) is 6.54 Å². The van der Waals surface area contributed by atoms with Gasteiger partial charge in [-0.15, -0.1) is 11.3 Å². The minimum Gasteiger partial charge on any atom is -0.334 e. The van der Waals surface area contributed by atoms with Crippen LogP contribution in [0.1, 0.15) is 35.7 Å². The van der Waals surface area contributed by atoms with Gasteiger partial charge in [-0.05, 0) is 60.2 Å². The zero-order valence-corrected chi connectivity index (χ0v) is 16.7. The minimum absolute atomic E-state index is 0.0588. The summed E-state index contributed by atoms with van der Waals surface area (Å²) in [5.74, 6) is -0.597. The number of aromatic nitrogens is 1. The van der Waals surface area contributed by atoms with Crippen molar-refractivity contribution in [1.29, 1.82) is 0 Å². The molecule has 4 heterocycles. The van der Waals surface area contributed by atoms with Gasteiger partial charge < -0.3 is 4.90 Å². The quantitative estimate of drug-likeness (QED) is 0.710. The standard InChI is InChI=1S/C20H19N3O3S2/c24-18(22-9-2-1-7-16(22)14-5-3-8-21-12-14)13-23-19(25)17(28-20(23)26)11-15-6-4-10-27-15/h3-6,8,10-12,16H,1-2,7,9,13H2/b17-11-. The molecule has 1 atom stereocenters. The van der Waals surface area contributed by atoms with Crippen LogP contribution in [0, 0.1) is 0 Å². The van der Waals surface area contributed by atoms with Crippen LogP contribution >= 0.6 is 23.1 Å². The van der Waals surface area contributed by atoms with Gasteiger partial charge in [-0.2, -0.15) is 0 Å². The van der Waals surface area contributed by atoms with Gasteiger partial charge in [0.2, 0.25) is 5.91 Å². The first-order chi connectivity index (χ1) is 13.6. The average Bonchev–Trinajstić information content (AvgIpc) is 3.33. The van der Waals surface area contributed by atoms with Crippen LogP contribution in [0.25, 0.3) is 6.08 Å². The molecule has 4 rings (SSSR count). The smallest absolute Gasteiger partial charge is 0.294 e. The third-order valence-corrected chi connectivity index (χ3v) is 6.60. The van der Waals surface area contributed by atoms with Crippen LogP contribution in [-0.4, -0.2) is 44.9 Å². The number of amides is 3. The molecule has 0 spiro atoms. The summed E-state index contributed by atoms with van der Waals surface area (Å²) in [5, 5.41) is 1.52. The first-order valence-corrected chi connectivity index (χ1v) is 10.8. The lowest BCUT2D eigenvalue weighted by Crippen LogP contribution is -2.45. The number of hydrogen-bond acceptors (Lipinski definition) is 6. The predicted molar refractivity (Wildman–Crippen MR) is 110 cm³/mol. The lowest BCUT2D eigenvalue weighted by molar-refractivity contribution is -0.138. The fourth-order valence-corrected chi connectivity index (χ4v) is 5.08. The first kappa shape index (κ1) is 18.9. The first-order valence-electron chi connectivity index (χ1n) is 9.12. The van der Waals surface area contributed by atoms with Gasteiger partial charge >= 0.3 is 0 Å². The summed E-state index contributed by atoms with van der Waals surface area (Å²) in [7, 11) is 0. The van der Waals surface area contributed by atoms with Crippen LogP contribution in [0.2, 0.25) is 0 Å². The molecule has 2 aromatic rings. The highest BCUT2D eigenvalue weighted by molar-refractivity contribution is 8.18. The molecule has 0 bridgehead atoms. The van der Waals surface area contributed by atoms with E-state index >= 15 is 0 Å². The van der Waals surface area contributed by atoms with E-state index in [1.807, 2.05) is 29.6 Å². The summed E-state index contributed by atoms with van der Waals surface area (Å²) < 4.78 is 0. The highest BCUT2D eigenvalue weighted by Crippen LogP contribution is 2.34. The van der Waals surface area contributed by atoms with Crippen molar-refractivity contribution in [2.24, 2.45) is 0 Å². The number of pyridine rings is 1. The Morgan fingerprint density at radius 2 is 2.14 bits per heavy atom. The topological polar surface area (TPSA) is 70.6 Å². The maximum Gasteiger partial charge on any atom is 0.294 e. The van der Waals surface area contributed by atoms with Crippen LogP contribution in [0.5, 0.6) is 0 Å². The monoisotopic (exact) mass is 413 g/mol. The number of rotatable bonds is 4. The number of hydrogen-bond donors (Lipinski definition) is 0. The molecular weight excluding hydrogens is 394 g/mol. The van der Waals surface area contributed by atoms with Gasteiger partial charge in [0, 0.05) is 23.8 Å². The molecule has 2 aliphatic heterocycles. The summed E-state index contributed by atoms with van der Waals surface area (Å²) in [6.07, 6.45) is 8.01. The fraction of sp³-hybridized carbons (Fsp3) is 0.300.